The molecule has 1 heterocycles. The van der Waals surface area contributed by atoms with Gasteiger partial charge in [-0.15, -0.1) is 10.2 Å². The van der Waals surface area contributed by atoms with Crippen LogP contribution in [0, 0.1) is 0 Å². The summed E-state index contributed by atoms with van der Waals surface area (Å²) in [5, 5.41) is 8.79. The lowest BCUT2D eigenvalue weighted by molar-refractivity contribution is -0.118. The number of aryl methyl sites for hydroxylation is 1. The van der Waals surface area contributed by atoms with Crippen molar-refractivity contribution in [1.82, 2.24) is 10.2 Å². The van der Waals surface area contributed by atoms with Crippen LogP contribution in [-0.4, -0.2) is 33.2 Å². The van der Waals surface area contributed by atoms with Gasteiger partial charge in [0.2, 0.25) is 11.0 Å². The van der Waals surface area contributed by atoms with E-state index >= 15 is 0 Å². The van der Waals surface area contributed by atoms with E-state index in [0.29, 0.717) is 17.1 Å². The Morgan fingerprint density at radius 3 is 2.50 bits per heavy atom. The fraction of sp³-hybridized carbons (Fsp3) is 0.474. The fourth-order valence-corrected chi connectivity index (χ4v) is 4.81. The maximum Gasteiger partial charge on any atom is 0.228 e. The summed E-state index contributed by atoms with van der Waals surface area (Å²) in [5.74, 6) is 0.165. The summed E-state index contributed by atoms with van der Waals surface area (Å²) >= 11 is 2.80. The number of thioether (sulfide) groups is 1. The van der Waals surface area contributed by atoms with Gasteiger partial charge in [0, 0.05) is 18.0 Å². The summed E-state index contributed by atoms with van der Waals surface area (Å²) in [4.78, 5) is 26.6. The summed E-state index contributed by atoms with van der Waals surface area (Å²) in [6.07, 6.45) is 3.47. The van der Waals surface area contributed by atoms with Crippen LogP contribution in [0.25, 0.3) is 0 Å². The van der Waals surface area contributed by atoms with Gasteiger partial charge in [-0.25, -0.2) is 0 Å². The molecule has 1 aromatic carbocycles. The smallest absolute Gasteiger partial charge is 0.228 e. The molecule has 0 unspecified atom stereocenters. The number of nitrogens with zero attached hydrogens (tertiary/aromatic N) is 3. The molecule has 2 aromatic rings. The number of carbonyl (C=O) groups excluding carboxylic acids is 2. The van der Waals surface area contributed by atoms with Crippen LogP contribution in [0.1, 0.15) is 56.0 Å². The van der Waals surface area contributed by atoms with E-state index in [2.05, 4.69) is 17.1 Å². The monoisotopic (exact) mass is 389 g/mol. The Bertz CT molecular complexity index is 784. The minimum atomic E-state index is -0.250. The summed E-state index contributed by atoms with van der Waals surface area (Å²) in [5.41, 5.74) is 1.93. The second kappa shape index (κ2) is 8.31. The van der Waals surface area contributed by atoms with Crippen molar-refractivity contribution < 1.29 is 9.59 Å². The minimum Gasteiger partial charge on any atom is -0.293 e. The molecule has 1 amide bonds. The van der Waals surface area contributed by atoms with Gasteiger partial charge in [-0.1, -0.05) is 61.2 Å². The van der Waals surface area contributed by atoms with E-state index in [4.69, 9.17) is 0 Å². The van der Waals surface area contributed by atoms with Crippen molar-refractivity contribution in [3.8, 4) is 0 Å². The zero-order chi connectivity index (χ0) is 18.7. The van der Waals surface area contributed by atoms with Crippen LogP contribution in [-0.2, 0) is 11.2 Å². The molecule has 0 saturated heterocycles. The lowest BCUT2D eigenvalue weighted by atomic mass is 10.1. The van der Waals surface area contributed by atoms with E-state index in [1.165, 1.54) is 28.7 Å². The first-order chi connectivity index (χ1) is 12.5. The van der Waals surface area contributed by atoms with Gasteiger partial charge in [0.1, 0.15) is 0 Å². The number of benzene rings is 1. The molecule has 1 aliphatic rings. The topological polar surface area (TPSA) is 63.2 Å². The number of ketones is 1. The van der Waals surface area contributed by atoms with E-state index < -0.39 is 0 Å². The van der Waals surface area contributed by atoms with Crippen LogP contribution in [0.2, 0.25) is 0 Å². The molecule has 0 radical (unpaired) electrons. The molecule has 7 heteroatoms. The number of amides is 1. The first kappa shape index (κ1) is 19.0. The van der Waals surface area contributed by atoms with Crippen molar-refractivity contribution in [2.75, 3.05) is 4.90 Å². The van der Waals surface area contributed by atoms with Gasteiger partial charge in [0.15, 0.2) is 10.1 Å². The summed E-state index contributed by atoms with van der Waals surface area (Å²) in [7, 11) is 0. The number of hydrogen-bond acceptors (Lipinski definition) is 6. The van der Waals surface area contributed by atoms with Crippen molar-refractivity contribution in [1.29, 1.82) is 0 Å². The molecule has 0 aliphatic heterocycles. The highest BCUT2D eigenvalue weighted by molar-refractivity contribution is 8.02. The second-order valence-electron chi connectivity index (χ2n) is 6.37. The Morgan fingerprint density at radius 1 is 1.23 bits per heavy atom. The predicted octanol–water partition coefficient (Wildman–Crippen LogP) is 4.37. The van der Waals surface area contributed by atoms with Gasteiger partial charge < -0.3 is 0 Å². The maximum atomic E-state index is 12.6. The molecule has 1 saturated carbocycles. The SMILES string of the molecule is CCC(=O)N(c1nnc(S[C@H](C)C(=O)c2ccc(CC)cc2)s1)C1CC1. The minimum absolute atomic E-state index is 0.0816. The zero-order valence-electron chi connectivity index (χ0n) is 15.3. The van der Waals surface area contributed by atoms with Crippen LogP contribution >= 0.6 is 23.1 Å². The highest BCUT2D eigenvalue weighted by Gasteiger charge is 2.35. The van der Waals surface area contributed by atoms with Crippen molar-refractivity contribution in [2.24, 2.45) is 0 Å². The first-order valence-corrected chi connectivity index (χ1v) is 10.7. The molecular weight excluding hydrogens is 366 g/mol. The summed E-state index contributed by atoms with van der Waals surface area (Å²) in [6.45, 7) is 5.84. The molecule has 1 aromatic heterocycles. The largest absolute Gasteiger partial charge is 0.293 e. The van der Waals surface area contributed by atoms with Crippen molar-refractivity contribution in [3.05, 3.63) is 35.4 Å². The standard InChI is InChI=1S/C19H23N3O2S2/c1-4-13-6-8-14(9-7-13)17(24)12(3)25-19-21-20-18(26-19)22(15-10-11-15)16(23)5-2/h6-9,12,15H,4-5,10-11H2,1-3H3/t12-/m1/s1. The third-order valence-corrected chi connectivity index (χ3v) is 6.49. The lowest BCUT2D eigenvalue weighted by Crippen LogP contribution is -2.32. The maximum absolute atomic E-state index is 12.6. The van der Waals surface area contributed by atoms with Gasteiger partial charge in [-0.2, -0.15) is 0 Å². The molecular formula is C19H23N3O2S2. The van der Waals surface area contributed by atoms with Crippen LogP contribution in [0.3, 0.4) is 0 Å². The Balaban J connectivity index is 1.67. The van der Waals surface area contributed by atoms with E-state index in [1.807, 2.05) is 38.1 Å². The normalized spacial score (nSPS) is 14.9. The Kier molecular flexibility index (Phi) is 6.09. The predicted molar refractivity (Wildman–Crippen MR) is 106 cm³/mol. The average Bonchev–Trinajstić information content (AvgIpc) is 3.40. The lowest BCUT2D eigenvalue weighted by Gasteiger charge is -2.17. The highest BCUT2D eigenvalue weighted by Crippen LogP contribution is 2.37. The van der Waals surface area contributed by atoms with Crippen LogP contribution in [0.5, 0.6) is 0 Å². The Hall–Kier alpha value is -1.73. The number of rotatable bonds is 8. The van der Waals surface area contributed by atoms with Crippen LogP contribution < -0.4 is 4.90 Å². The summed E-state index contributed by atoms with van der Waals surface area (Å²) in [6, 6.07) is 8.04. The highest BCUT2D eigenvalue weighted by atomic mass is 32.2. The molecule has 1 aliphatic carbocycles. The van der Waals surface area contributed by atoms with Gasteiger partial charge in [0.25, 0.3) is 0 Å². The van der Waals surface area contributed by atoms with Crippen molar-refractivity contribution in [2.45, 2.75) is 62.1 Å². The van der Waals surface area contributed by atoms with Crippen molar-refractivity contribution in [3.63, 3.8) is 0 Å². The molecule has 138 valence electrons. The van der Waals surface area contributed by atoms with Gasteiger partial charge in [-0.05, 0) is 31.7 Å². The van der Waals surface area contributed by atoms with Gasteiger partial charge in [0.05, 0.1) is 5.25 Å². The number of anilines is 1. The molecule has 1 atom stereocenters. The third-order valence-electron chi connectivity index (χ3n) is 4.38. The molecule has 0 N–H and O–H groups in total. The van der Waals surface area contributed by atoms with E-state index in [-0.39, 0.29) is 23.0 Å². The molecule has 0 bridgehead atoms. The molecule has 3 rings (SSSR count). The Labute approximate surface area is 162 Å². The second-order valence-corrected chi connectivity index (χ2v) is 8.92. The molecule has 0 spiro atoms. The summed E-state index contributed by atoms with van der Waals surface area (Å²) < 4.78 is 0.723. The van der Waals surface area contributed by atoms with Crippen LogP contribution in [0.15, 0.2) is 28.6 Å². The van der Waals surface area contributed by atoms with E-state index in [0.717, 1.165) is 23.6 Å². The van der Waals surface area contributed by atoms with Gasteiger partial charge >= 0.3 is 0 Å². The average molecular weight is 390 g/mol. The quantitative estimate of drug-likeness (QED) is 0.381. The molecule has 5 nitrogen and oxygen atoms in total. The van der Waals surface area contributed by atoms with Gasteiger partial charge in [-0.3, -0.25) is 14.5 Å². The number of Topliss-reactive ketones (excluding diaryl/α,β-unsaturated/α-hetero) is 1. The van der Waals surface area contributed by atoms with E-state index in [1.54, 1.807) is 4.90 Å². The van der Waals surface area contributed by atoms with Crippen LogP contribution in [0.4, 0.5) is 5.13 Å². The number of carbonyl (C=O) groups is 2. The third kappa shape index (κ3) is 4.32. The zero-order valence-corrected chi connectivity index (χ0v) is 16.9. The number of aromatic nitrogens is 2. The first-order valence-electron chi connectivity index (χ1n) is 8.98. The molecule has 26 heavy (non-hydrogen) atoms. The molecule has 1 fully saturated rings. The fourth-order valence-electron chi connectivity index (χ4n) is 2.66. The van der Waals surface area contributed by atoms with Crippen molar-refractivity contribution >= 4 is 39.9 Å². The number of hydrogen-bond donors (Lipinski definition) is 0. The van der Waals surface area contributed by atoms with E-state index in [9.17, 15) is 9.59 Å². The Morgan fingerprint density at radius 2 is 1.92 bits per heavy atom.